The van der Waals surface area contributed by atoms with E-state index in [1.165, 1.54) is 11.8 Å². The first-order valence-corrected chi connectivity index (χ1v) is 10.6. The molecule has 0 atom stereocenters. The number of benzene rings is 3. The Kier molecular flexibility index (Phi) is 6.14. The predicted octanol–water partition coefficient (Wildman–Crippen LogP) is 4.57. The molecule has 0 saturated carbocycles. The van der Waals surface area contributed by atoms with Gasteiger partial charge in [0.05, 0.1) is 17.1 Å². The van der Waals surface area contributed by atoms with Gasteiger partial charge in [-0.1, -0.05) is 72.4 Å². The zero-order valence-electron chi connectivity index (χ0n) is 16.5. The number of imidazole rings is 1. The van der Waals surface area contributed by atoms with Crippen LogP contribution >= 0.6 is 11.8 Å². The van der Waals surface area contributed by atoms with Gasteiger partial charge in [0, 0.05) is 22.4 Å². The van der Waals surface area contributed by atoms with Gasteiger partial charge in [0.25, 0.3) is 0 Å². The highest BCUT2D eigenvalue weighted by Crippen LogP contribution is 2.32. The van der Waals surface area contributed by atoms with E-state index in [-0.39, 0.29) is 11.7 Å². The molecule has 1 heterocycles. The number of aromatic nitrogens is 2. The Balaban J connectivity index is 1.49. The third kappa shape index (κ3) is 5.02. The molecule has 4 aromatic rings. The minimum atomic E-state index is -0.505. The largest absolute Gasteiger partial charge is 0.366 e. The summed E-state index contributed by atoms with van der Waals surface area (Å²) in [6, 6.07) is 26.4. The highest BCUT2D eigenvalue weighted by atomic mass is 32.2. The van der Waals surface area contributed by atoms with Crippen molar-refractivity contribution in [3.8, 4) is 22.5 Å². The summed E-state index contributed by atoms with van der Waals surface area (Å²) < 4.78 is 0. The summed E-state index contributed by atoms with van der Waals surface area (Å²) >= 11 is 1.33. The maximum Gasteiger partial charge on any atom is 0.248 e. The minimum Gasteiger partial charge on any atom is -0.366 e. The topological polar surface area (TPSA) is 101 Å². The first kappa shape index (κ1) is 20.4. The van der Waals surface area contributed by atoms with Gasteiger partial charge in [-0.3, -0.25) is 9.59 Å². The molecule has 4 rings (SSSR count). The standard InChI is InChI=1S/C24H20N4O2S/c25-23(30)18-11-13-19(14-12-18)26-20(29)15-31-24-27-21(16-7-3-1-4-8-16)22(28-24)17-9-5-2-6-10-17/h1-14H,15H2,(H2,25,30)(H,26,29)(H,27,28). The molecule has 31 heavy (non-hydrogen) atoms. The number of thioether (sulfide) groups is 1. The second-order valence-corrected chi connectivity index (χ2v) is 7.74. The number of anilines is 1. The van der Waals surface area contributed by atoms with E-state index in [0.717, 1.165) is 22.5 Å². The number of nitrogens with two attached hydrogens (primary N) is 1. The van der Waals surface area contributed by atoms with Crippen LogP contribution < -0.4 is 11.1 Å². The van der Waals surface area contributed by atoms with Crippen LogP contribution in [0.1, 0.15) is 10.4 Å². The van der Waals surface area contributed by atoms with Gasteiger partial charge >= 0.3 is 0 Å². The average Bonchev–Trinajstić information content (AvgIpc) is 3.24. The van der Waals surface area contributed by atoms with Crippen molar-refractivity contribution < 1.29 is 9.59 Å². The molecule has 0 aliphatic rings. The Bertz CT molecular complexity index is 1130. The van der Waals surface area contributed by atoms with Crippen LogP contribution in [0, 0.1) is 0 Å². The third-order valence-corrected chi connectivity index (χ3v) is 5.46. The lowest BCUT2D eigenvalue weighted by Gasteiger charge is -2.05. The second-order valence-electron chi connectivity index (χ2n) is 6.78. The van der Waals surface area contributed by atoms with Crippen molar-refractivity contribution >= 4 is 29.3 Å². The maximum absolute atomic E-state index is 12.4. The molecule has 154 valence electrons. The number of H-pyrrole nitrogens is 1. The number of nitrogens with zero attached hydrogens (tertiary/aromatic N) is 1. The number of hydrogen-bond acceptors (Lipinski definition) is 4. The first-order valence-electron chi connectivity index (χ1n) is 9.63. The normalized spacial score (nSPS) is 10.6. The maximum atomic E-state index is 12.4. The molecular weight excluding hydrogens is 408 g/mol. The fraction of sp³-hybridized carbons (Fsp3) is 0.0417. The van der Waals surface area contributed by atoms with E-state index in [1.54, 1.807) is 24.3 Å². The molecule has 0 radical (unpaired) electrons. The number of carbonyl (C=O) groups is 2. The van der Waals surface area contributed by atoms with E-state index in [0.29, 0.717) is 16.4 Å². The van der Waals surface area contributed by atoms with Crippen LogP contribution in [0.25, 0.3) is 22.5 Å². The summed E-state index contributed by atoms with van der Waals surface area (Å²) in [5.74, 6) is -0.487. The van der Waals surface area contributed by atoms with Crippen molar-refractivity contribution in [3.05, 3.63) is 90.5 Å². The number of carbonyl (C=O) groups excluding carboxylic acids is 2. The molecule has 0 saturated heterocycles. The van der Waals surface area contributed by atoms with E-state index in [2.05, 4.69) is 10.3 Å². The number of hydrogen-bond donors (Lipinski definition) is 3. The molecule has 0 unspecified atom stereocenters. The van der Waals surface area contributed by atoms with Crippen LogP contribution in [0.15, 0.2) is 90.1 Å². The van der Waals surface area contributed by atoms with Crippen molar-refractivity contribution in [2.75, 3.05) is 11.1 Å². The lowest BCUT2D eigenvalue weighted by molar-refractivity contribution is -0.113. The summed E-state index contributed by atoms with van der Waals surface area (Å²) in [4.78, 5) is 31.6. The number of primary amides is 1. The molecule has 0 bridgehead atoms. The molecule has 0 aliphatic carbocycles. The Morgan fingerprint density at radius 1 is 0.871 bits per heavy atom. The van der Waals surface area contributed by atoms with Crippen LogP contribution in [-0.4, -0.2) is 27.5 Å². The molecular formula is C24H20N4O2S. The molecule has 6 nitrogen and oxygen atoms in total. The number of rotatable bonds is 7. The molecule has 1 aromatic heterocycles. The van der Waals surface area contributed by atoms with Crippen LogP contribution in [0.3, 0.4) is 0 Å². The van der Waals surface area contributed by atoms with E-state index in [4.69, 9.17) is 10.7 Å². The zero-order valence-corrected chi connectivity index (χ0v) is 17.4. The molecule has 0 aliphatic heterocycles. The van der Waals surface area contributed by atoms with E-state index < -0.39 is 5.91 Å². The van der Waals surface area contributed by atoms with Crippen LogP contribution in [0.4, 0.5) is 5.69 Å². The van der Waals surface area contributed by atoms with Crippen molar-refractivity contribution in [2.24, 2.45) is 5.73 Å². The summed E-state index contributed by atoms with van der Waals surface area (Å²) in [6.07, 6.45) is 0. The van der Waals surface area contributed by atoms with Crippen LogP contribution in [0.2, 0.25) is 0 Å². The lowest BCUT2D eigenvalue weighted by atomic mass is 10.1. The fourth-order valence-corrected chi connectivity index (χ4v) is 3.76. The summed E-state index contributed by atoms with van der Waals surface area (Å²) in [5, 5.41) is 3.47. The molecule has 3 aromatic carbocycles. The van der Waals surface area contributed by atoms with Crippen molar-refractivity contribution in [2.45, 2.75) is 5.16 Å². The number of amides is 2. The quantitative estimate of drug-likeness (QED) is 0.375. The minimum absolute atomic E-state index is 0.171. The lowest BCUT2D eigenvalue weighted by Crippen LogP contribution is -2.15. The Morgan fingerprint density at radius 3 is 2.10 bits per heavy atom. The summed E-state index contributed by atoms with van der Waals surface area (Å²) in [6.45, 7) is 0. The molecule has 4 N–H and O–H groups in total. The van der Waals surface area contributed by atoms with E-state index >= 15 is 0 Å². The van der Waals surface area contributed by atoms with Gasteiger partial charge in [0.1, 0.15) is 0 Å². The zero-order chi connectivity index (χ0) is 21.6. The van der Waals surface area contributed by atoms with Crippen molar-refractivity contribution in [1.29, 1.82) is 0 Å². The fourth-order valence-electron chi connectivity index (χ4n) is 3.09. The highest BCUT2D eigenvalue weighted by molar-refractivity contribution is 7.99. The van der Waals surface area contributed by atoms with Crippen molar-refractivity contribution in [1.82, 2.24) is 9.97 Å². The van der Waals surface area contributed by atoms with Gasteiger partial charge < -0.3 is 16.0 Å². The van der Waals surface area contributed by atoms with Gasteiger partial charge in [-0.2, -0.15) is 0 Å². The van der Waals surface area contributed by atoms with E-state index in [1.807, 2.05) is 60.7 Å². The highest BCUT2D eigenvalue weighted by Gasteiger charge is 2.15. The second kappa shape index (κ2) is 9.32. The molecule has 7 heteroatoms. The van der Waals surface area contributed by atoms with E-state index in [9.17, 15) is 9.59 Å². The summed E-state index contributed by atoms with van der Waals surface area (Å²) in [7, 11) is 0. The van der Waals surface area contributed by atoms with Gasteiger partial charge in [0.2, 0.25) is 11.8 Å². The Morgan fingerprint density at radius 2 is 1.48 bits per heavy atom. The SMILES string of the molecule is NC(=O)c1ccc(NC(=O)CSc2nc(-c3ccccc3)c(-c3ccccc3)[nH]2)cc1. The summed E-state index contributed by atoms with van der Waals surface area (Å²) in [5.41, 5.74) is 10.0. The number of aromatic amines is 1. The first-order chi connectivity index (χ1) is 15.1. The van der Waals surface area contributed by atoms with Crippen molar-refractivity contribution in [3.63, 3.8) is 0 Å². The Hall–Kier alpha value is -3.84. The number of nitrogens with one attached hydrogen (secondary N) is 2. The van der Waals surface area contributed by atoms with Gasteiger partial charge in [-0.05, 0) is 24.3 Å². The van der Waals surface area contributed by atoms with Gasteiger partial charge in [-0.15, -0.1) is 0 Å². The predicted molar refractivity (Wildman–Crippen MR) is 124 cm³/mol. The third-order valence-electron chi connectivity index (χ3n) is 4.58. The van der Waals surface area contributed by atoms with Gasteiger partial charge in [0.15, 0.2) is 5.16 Å². The average molecular weight is 429 g/mol. The molecule has 0 spiro atoms. The molecule has 2 amide bonds. The Labute approximate surface area is 183 Å². The van der Waals surface area contributed by atoms with Gasteiger partial charge in [-0.25, -0.2) is 4.98 Å². The van der Waals surface area contributed by atoms with Crippen LogP contribution in [-0.2, 0) is 4.79 Å². The smallest absolute Gasteiger partial charge is 0.248 e. The monoisotopic (exact) mass is 428 g/mol. The molecule has 0 fully saturated rings. The van der Waals surface area contributed by atoms with Crippen LogP contribution in [0.5, 0.6) is 0 Å².